The molecule has 0 heterocycles. The van der Waals surface area contributed by atoms with Crippen LogP contribution in [-0.2, 0) is 0 Å². The van der Waals surface area contributed by atoms with Crippen molar-refractivity contribution in [2.45, 2.75) is 0 Å². The maximum atomic E-state index is 8.60. The van der Waals surface area contributed by atoms with Crippen LogP contribution in [0, 0.1) is 20.5 Å². The smallest absolute Gasteiger partial charge is 0.0777 e. The highest BCUT2D eigenvalue weighted by molar-refractivity contribution is 5.05. The molecule has 0 amide bonds. The summed E-state index contributed by atoms with van der Waals surface area (Å²) in [5.41, 5.74) is 1.43. The number of nitrogens with zero attached hydrogens (tertiary/aromatic N) is 3. The van der Waals surface area contributed by atoms with Gasteiger partial charge in [-0.25, -0.2) is 0 Å². The van der Waals surface area contributed by atoms with E-state index in [1.807, 2.05) is 0 Å². The highest BCUT2D eigenvalue weighted by Crippen LogP contribution is 1.99. The molecule has 0 aromatic heterocycles. The van der Waals surface area contributed by atoms with E-state index in [0.29, 0.717) is 0 Å². The lowest BCUT2D eigenvalue weighted by Gasteiger charge is -2.19. The van der Waals surface area contributed by atoms with Crippen molar-refractivity contribution in [3.8, 4) is 0 Å². The maximum absolute atomic E-state index is 8.60. The summed E-state index contributed by atoms with van der Waals surface area (Å²) in [5.74, 6) is 0. The third-order valence-corrected chi connectivity index (χ3v) is 1.48. The molecule has 0 fully saturated rings. The van der Waals surface area contributed by atoms with Crippen molar-refractivity contribution < 1.29 is 57.8 Å². The summed E-state index contributed by atoms with van der Waals surface area (Å²) < 4.78 is 65.4. The third-order valence-electron chi connectivity index (χ3n) is 1.48. The summed E-state index contributed by atoms with van der Waals surface area (Å²) in [6.45, 7) is 2.05. The van der Waals surface area contributed by atoms with E-state index in [1.54, 1.807) is 0 Å². The molecule has 0 aliphatic heterocycles. The Bertz CT molecular complexity index is 280. The van der Waals surface area contributed by atoms with Gasteiger partial charge in [0.1, 0.15) is 0 Å². The summed E-state index contributed by atoms with van der Waals surface area (Å²) in [4.78, 5) is 6.49. The van der Waals surface area contributed by atoms with Crippen molar-refractivity contribution >= 4 is 0 Å². The Kier molecular flexibility index (Phi) is 15.7. The monoisotopic (exact) mass is 385 g/mol. The number of hydrogen-bond acceptors (Lipinski definition) is 11. The van der Waals surface area contributed by atoms with Crippen LogP contribution in [0.3, 0.4) is 0 Å². The minimum absolute atomic E-state index is 1.02. The van der Waals surface area contributed by atoms with Crippen LogP contribution in [-0.4, -0.2) is 79.4 Å². The van der Waals surface area contributed by atoms with E-state index in [0.717, 1.165) is 13.1 Å². The number of hydrogen-bond donors (Lipinski definition) is 2. The second-order valence-corrected chi connectivity index (χ2v) is 6.60. The van der Waals surface area contributed by atoms with E-state index < -0.39 is 20.5 Å². The van der Waals surface area contributed by atoms with Crippen molar-refractivity contribution in [2.24, 2.45) is 0 Å². The molecule has 11 nitrogen and oxygen atoms in total. The summed E-state index contributed by atoms with van der Waals surface area (Å²) in [6.07, 6.45) is 2.19. The zero-order chi connectivity index (χ0) is 19.4. The molecule has 0 saturated heterocycles. The molecule has 0 aromatic rings. The lowest BCUT2D eigenvalue weighted by atomic mass is 10.2. The van der Waals surface area contributed by atoms with Gasteiger partial charge in [-0.1, -0.05) is 0 Å². The van der Waals surface area contributed by atoms with E-state index in [-0.39, 0.29) is 0 Å². The zero-order valence-electron chi connectivity index (χ0n) is 13.9. The van der Waals surface area contributed by atoms with Gasteiger partial charge in [-0.05, 0) is 33.8 Å². The fraction of sp³-hybridized carbons (Fsp3) is 0.800. The zero-order valence-corrected chi connectivity index (χ0v) is 15.4. The van der Waals surface area contributed by atoms with Crippen molar-refractivity contribution in [2.75, 3.05) is 55.4 Å². The van der Waals surface area contributed by atoms with Crippen molar-refractivity contribution in [3.05, 3.63) is 11.8 Å². The van der Waals surface area contributed by atoms with Gasteiger partial charge in [-0.3, -0.25) is 0 Å². The van der Waals surface area contributed by atoms with Crippen LogP contribution in [0.25, 0.3) is 0 Å². The second kappa shape index (κ2) is 13.1. The van der Waals surface area contributed by atoms with Gasteiger partial charge in [0, 0.05) is 33.4 Å². The molecule has 0 saturated carbocycles. The molecule has 0 spiro atoms. The van der Waals surface area contributed by atoms with Crippen LogP contribution >= 0.6 is 0 Å². The molecule has 0 aliphatic carbocycles. The van der Waals surface area contributed by atoms with E-state index >= 15 is 0 Å². The molecular weight excluding hydrogens is 361 g/mol. The van der Waals surface area contributed by atoms with Gasteiger partial charge in [0.2, 0.25) is 0 Å². The first-order valence-corrected chi connectivity index (χ1v) is 8.36. The summed E-state index contributed by atoms with van der Waals surface area (Å²) >= 11 is 0. The molecule has 23 heavy (non-hydrogen) atoms. The molecule has 2 N–H and O–H groups in total. The standard InChI is InChI=1S/C10H23N3.2ClHO4/c1-11(2)7-10(8-12(3)4)9-13(5)6;2*2-1(3,4)5/h7H,8-9H2,1-6H3;2*(H,2,3,4,5). The van der Waals surface area contributed by atoms with Gasteiger partial charge in [0.25, 0.3) is 0 Å². The quantitative estimate of drug-likeness (QED) is 0.456. The van der Waals surface area contributed by atoms with Gasteiger partial charge in [0.05, 0.1) is 29.8 Å². The summed E-state index contributed by atoms with van der Waals surface area (Å²) in [6, 6.07) is 0. The van der Waals surface area contributed by atoms with Crippen molar-refractivity contribution in [3.63, 3.8) is 0 Å². The van der Waals surface area contributed by atoms with Crippen LogP contribution in [0.15, 0.2) is 11.8 Å². The van der Waals surface area contributed by atoms with Gasteiger partial charge in [-0.15, -0.1) is 0 Å². The SMILES string of the molecule is CN(C)C=C(CN(C)C)CN(C)C.[O-][Cl+3]([O-])([O-])O.[O-][Cl+3]([O-])([O-])O. The predicted molar refractivity (Wildman–Crippen MR) is 63.3 cm³/mol. The van der Waals surface area contributed by atoms with Gasteiger partial charge < -0.3 is 14.7 Å². The molecular formula is C10H25Cl2N3O8. The van der Waals surface area contributed by atoms with Gasteiger partial charge in [0.15, 0.2) is 0 Å². The average molecular weight is 386 g/mol. The molecule has 0 unspecified atom stereocenters. The minimum Gasteiger partial charge on any atom is -0.383 e. The van der Waals surface area contributed by atoms with Crippen LogP contribution in [0.4, 0.5) is 0 Å². The molecule has 13 heteroatoms. The first-order valence-electron chi connectivity index (χ1n) is 5.83. The highest BCUT2D eigenvalue weighted by Gasteiger charge is 2.01. The number of halogens is 2. The summed E-state index contributed by atoms with van der Waals surface area (Å²) in [7, 11) is 3.12. The average Bonchev–Trinajstić information content (AvgIpc) is 2.06. The first-order chi connectivity index (χ1) is 9.91. The molecule has 0 rings (SSSR count). The topological polar surface area (TPSA) is 189 Å². The number of rotatable bonds is 5. The molecule has 142 valence electrons. The van der Waals surface area contributed by atoms with Gasteiger partial charge in [-0.2, -0.15) is 28.0 Å². The van der Waals surface area contributed by atoms with E-state index in [4.69, 9.17) is 37.3 Å². The Morgan fingerprint density at radius 2 is 0.957 bits per heavy atom. The molecule has 0 aliphatic rings. The molecule has 0 bridgehead atoms. The lowest BCUT2D eigenvalue weighted by molar-refractivity contribution is -1.92. The van der Waals surface area contributed by atoms with Crippen LogP contribution in [0.5, 0.6) is 0 Å². The Morgan fingerprint density at radius 1 is 0.739 bits per heavy atom. The van der Waals surface area contributed by atoms with Crippen molar-refractivity contribution in [1.29, 1.82) is 0 Å². The van der Waals surface area contributed by atoms with Gasteiger partial charge >= 0.3 is 0 Å². The van der Waals surface area contributed by atoms with E-state index in [9.17, 15) is 0 Å². The Hall–Kier alpha value is -0.280. The first kappa shape index (κ1) is 27.6. The third kappa shape index (κ3) is 61.5. The largest absolute Gasteiger partial charge is 0.383 e. The summed E-state index contributed by atoms with van der Waals surface area (Å²) in [5, 5.41) is 0. The fourth-order valence-corrected chi connectivity index (χ4v) is 1.31. The van der Waals surface area contributed by atoms with E-state index in [1.165, 1.54) is 5.57 Å². The minimum atomic E-state index is -4.69. The van der Waals surface area contributed by atoms with Crippen LogP contribution in [0.1, 0.15) is 0 Å². The molecule has 0 aromatic carbocycles. The maximum Gasteiger partial charge on any atom is 0.0777 e. The molecule has 0 atom stereocenters. The predicted octanol–water partition coefficient (Wildman–Crippen LogP) is -7.69. The van der Waals surface area contributed by atoms with Crippen LogP contribution in [0.2, 0.25) is 0 Å². The van der Waals surface area contributed by atoms with E-state index in [2.05, 4.69) is 63.2 Å². The molecule has 0 radical (unpaired) electrons. The Labute approximate surface area is 140 Å². The normalized spacial score (nSPS) is 11.3. The number of likely N-dealkylation sites (N-methyl/N-ethyl adjacent to an activating group) is 2. The Balaban J connectivity index is -0.000000329. The van der Waals surface area contributed by atoms with Crippen molar-refractivity contribution in [1.82, 2.24) is 14.7 Å². The lowest BCUT2D eigenvalue weighted by Crippen LogP contribution is -2.58. The highest BCUT2D eigenvalue weighted by atomic mass is 35.7. The van der Waals surface area contributed by atoms with Crippen LogP contribution < -0.4 is 28.0 Å². The Morgan fingerprint density at radius 3 is 1.09 bits per heavy atom. The second-order valence-electron chi connectivity index (χ2n) is 5.02. The fourth-order valence-electron chi connectivity index (χ4n) is 1.31.